The topological polar surface area (TPSA) is 68.3 Å². The first-order valence-electron chi connectivity index (χ1n) is 6.75. The molecule has 5 nitrogen and oxygen atoms in total. The summed E-state index contributed by atoms with van der Waals surface area (Å²) in [6.45, 7) is 3.85. The third-order valence-corrected chi connectivity index (χ3v) is 3.27. The number of hydrogen-bond donors (Lipinski definition) is 1. The Balaban J connectivity index is 2.23. The van der Waals surface area contributed by atoms with E-state index in [2.05, 4.69) is 15.0 Å². The molecule has 0 bridgehead atoms. The number of nitrogens with one attached hydrogen (secondary N) is 1. The lowest BCUT2D eigenvalue weighted by molar-refractivity contribution is -0.141. The second-order valence-corrected chi connectivity index (χ2v) is 4.90. The van der Waals surface area contributed by atoms with Gasteiger partial charge in [0, 0.05) is 17.5 Å². The van der Waals surface area contributed by atoms with E-state index in [0.717, 1.165) is 27.8 Å². The van der Waals surface area contributed by atoms with E-state index in [1.807, 2.05) is 38.1 Å². The summed E-state index contributed by atoms with van der Waals surface area (Å²) in [7, 11) is 1.31. The summed E-state index contributed by atoms with van der Waals surface area (Å²) in [4.78, 5) is 27.5. The first-order chi connectivity index (χ1) is 10.0. The number of aromatic nitrogens is 1. The fourth-order valence-electron chi connectivity index (χ4n) is 2.10. The molecule has 0 saturated carbocycles. The zero-order valence-electron chi connectivity index (χ0n) is 12.4. The molecule has 1 heterocycles. The van der Waals surface area contributed by atoms with Gasteiger partial charge in [-0.2, -0.15) is 0 Å². The number of rotatable bonds is 4. The summed E-state index contributed by atoms with van der Waals surface area (Å²) in [5, 5.41) is 3.76. The Morgan fingerprint density at radius 3 is 2.62 bits per heavy atom. The molecular formula is C16H18N2O3. The maximum atomic E-state index is 12.0. The first kappa shape index (κ1) is 15.0. The minimum Gasteiger partial charge on any atom is -0.469 e. The molecule has 0 unspecified atom stereocenters. The molecule has 0 aliphatic rings. The summed E-state index contributed by atoms with van der Waals surface area (Å²) in [5.74, 6) is -0.603. The number of hydrogen-bond acceptors (Lipinski definition) is 4. The Bertz CT molecular complexity index is 695. The van der Waals surface area contributed by atoms with Crippen molar-refractivity contribution in [3.05, 3.63) is 35.5 Å². The number of nitrogens with zero attached hydrogens (tertiary/aromatic N) is 1. The highest BCUT2D eigenvalue weighted by Gasteiger charge is 2.11. The van der Waals surface area contributed by atoms with Crippen LogP contribution in [-0.2, 0) is 14.3 Å². The van der Waals surface area contributed by atoms with E-state index in [4.69, 9.17) is 0 Å². The summed E-state index contributed by atoms with van der Waals surface area (Å²) in [6, 6.07) is 7.71. The number of carbonyl (C=O) groups is 2. The van der Waals surface area contributed by atoms with Crippen LogP contribution in [0.3, 0.4) is 0 Å². The zero-order valence-corrected chi connectivity index (χ0v) is 12.4. The normalized spacial score (nSPS) is 10.4. The molecule has 2 rings (SSSR count). The monoisotopic (exact) mass is 286 g/mol. The second-order valence-electron chi connectivity index (χ2n) is 4.90. The lowest BCUT2D eigenvalue weighted by atomic mass is 10.1. The van der Waals surface area contributed by atoms with Gasteiger partial charge in [-0.1, -0.05) is 6.07 Å². The molecule has 1 aromatic heterocycles. The Kier molecular flexibility index (Phi) is 4.52. The molecule has 0 aliphatic carbocycles. The van der Waals surface area contributed by atoms with Crippen molar-refractivity contribution < 1.29 is 14.3 Å². The van der Waals surface area contributed by atoms with Crippen LogP contribution in [0.4, 0.5) is 5.69 Å². The van der Waals surface area contributed by atoms with Crippen molar-refractivity contribution in [3.63, 3.8) is 0 Å². The number of fused-ring (bicyclic) bond motifs is 1. The third-order valence-electron chi connectivity index (χ3n) is 3.27. The minimum absolute atomic E-state index is 0.0729. The highest BCUT2D eigenvalue weighted by molar-refractivity contribution is 6.02. The fourth-order valence-corrected chi connectivity index (χ4v) is 2.10. The van der Waals surface area contributed by atoms with Crippen molar-refractivity contribution in [2.75, 3.05) is 12.4 Å². The Morgan fingerprint density at radius 2 is 1.90 bits per heavy atom. The van der Waals surface area contributed by atoms with E-state index in [-0.39, 0.29) is 18.7 Å². The van der Waals surface area contributed by atoms with E-state index in [9.17, 15) is 9.59 Å². The Hall–Kier alpha value is -2.43. The van der Waals surface area contributed by atoms with Crippen molar-refractivity contribution >= 4 is 28.5 Å². The van der Waals surface area contributed by atoms with Gasteiger partial charge in [-0.3, -0.25) is 14.6 Å². The minimum atomic E-state index is -0.392. The predicted octanol–water partition coefficient (Wildman–Crippen LogP) is 2.74. The van der Waals surface area contributed by atoms with Gasteiger partial charge in [0.1, 0.15) is 0 Å². The van der Waals surface area contributed by atoms with Crippen molar-refractivity contribution in [3.8, 4) is 0 Å². The summed E-state index contributed by atoms with van der Waals surface area (Å²) >= 11 is 0. The maximum Gasteiger partial charge on any atom is 0.306 e. The standard InChI is InChI=1S/C16H18N2O3/c1-10-4-7-13-12(6-5-11(2)17-13)16(10)18-14(19)8-9-15(20)21-3/h4-7H,8-9H2,1-3H3,(H,18,19). The van der Waals surface area contributed by atoms with Crippen molar-refractivity contribution in [2.45, 2.75) is 26.7 Å². The van der Waals surface area contributed by atoms with E-state index >= 15 is 0 Å². The summed E-state index contributed by atoms with van der Waals surface area (Å²) in [5.41, 5.74) is 3.47. The van der Waals surface area contributed by atoms with E-state index in [0.29, 0.717) is 0 Å². The van der Waals surface area contributed by atoms with Gasteiger partial charge >= 0.3 is 5.97 Å². The number of carbonyl (C=O) groups excluding carboxylic acids is 2. The van der Waals surface area contributed by atoms with Crippen LogP contribution >= 0.6 is 0 Å². The molecule has 0 aliphatic heterocycles. The lowest BCUT2D eigenvalue weighted by Gasteiger charge is -2.12. The molecule has 5 heteroatoms. The smallest absolute Gasteiger partial charge is 0.306 e. The molecule has 0 fully saturated rings. The molecule has 1 aromatic carbocycles. The SMILES string of the molecule is COC(=O)CCC(=O)Nc1c(C)ccc2nc(C)ccc12. The average molecular weight is 286 g/mol. The highest BCUT2D eigenvalue weighted by Crippen LogP contribution is 2.26. The molecule has 1 amide bonds. The van der Waals surface area contributed by atoms with Crippen molar-refractivity contribution in [1.29, 1.82) is 0 Å². The first-order valence-corrected chi connectivity index (χ1v) is 6.75. The largest absolute Gasteiger partial charge is 0.469 e. The summed E-state index contributed by atoms with van der Waals surface area (Å²) < 4.78 is 4.53. The average Bonchev–Trinajstić information content (AvgIpc) is 2.47. The van der Waals surface area contributed by atoms with E-state index in [1.54, 1.807) is 0 Å². The van der Waals surface area contributed by atoms with Crippen LogP contribution in [0.5, 0.6) is 0 Å². The number of pyridine rings is 1. The number of anilines is 1. The highest BCUT2D eigenvalue weighted by atomic mass is 16.5. The summed E-state index contributed by atoms with van der Waals surface area (Å²) in [6.07, 6.45) is 0.172. The number of benzene rings is 1. The van der Waals surface area contributed by atoms with Crippen LogP contribution in [-0.4, -0.2) is 24.0 Å². The van der Waals surface area contributed by atoms with Crippen LogP contribution in [0, 0.1) is 13.8 Å². The van der Waals surface area contributed by atoms with Gasteiger partial charge in [-0.15, -0.1) is 0 Å². The molecular weight excluding hydrogens is 268 g/mol. The molecule has 1 N–H and O–H groups in total. The number of amides is 1. The van der Waals surface area contributed by atoms with Crippen LogP contribution in [0.2, 0.25) is 0 Å². The maximum absolute atomic E-state index is 12.0. The fraction of sp³-hybridized carbons (Fsp3) is 0.312. The van der Waals surface area contributed by atoms with Gasteiger partial charge in [0.05, 0.1) is 24.7 Å². The number of esters is 1. The van der Waals surface area contributed by atoms with Crippen LogP contribution in [0.15, 0.2) is 24.3 Å². The van der Waals surface area contributed by atoms with E-state index < -0.39 is 5.97 Å². The Morgan fingerprint density at radius 1 is 1.14 bits per heavy atom. The van der Waals surface area contributed by atoms with Crippen LogP contribution in [0.1, 0.15) is 24.1 Å². The molecule has 0 saturated heterocycles. The third kappa shape index (κ3) is 3.56. The number of methoxy groups -OCH3 is 1. The second kappa shape index (κ2) is 6.35. The molecule has 21 heavy (non-hydrogen) atoms. The zero-order chi connectivity index (χ0) is 15.4. The van der Waals surface area contributed by atoms with Gasteiger partial charge in [0.15, 0.2) is 0 Å². The van der Waals surface area contributed by atoms with Gasteiger partial charge in [0.25, 0.3) is 0 Å². The van der Waals surface area contributed by atoms with Gasteiger partial charge in [-0.05, 0) is 37.6 Å². The number of ether oxygens (including phenoxy) is 1. The van der Waals surface area contributed by atoms with Crippen LogP contribution in [0.25, 0.3) is 10.9 Å². The Labute approximate surface area is 123 Å². The van der Waals surface area contributed by atoms with Gasteiger partial charge in [-0.25, -0.2) is 0 Å². The van der Waals surface area contributed by atoms with Gasteiger partial charge in [0.2, 0.25) is 5.91 Å². The van der Waals surface area contributed by atoms with Crippen molar-refractivity contribution in [2.24, 2.45) is 0 Å². The predicted molar refractivity (Wildman–Crippen MR) is 81.1 cm³/mol. The van der Waals surface area contributed by atoms with Crippen molar-refractivity contribution in [1.82, 2.24) is 4.98 Å². The molecule has 0 radical (unpaired) electrons. The number of aryl methyl sites for hydroxylation is 2. The lowest BCUT2D eigenvalue weighted by Crippen LogP contribution is -2.15. The van der Waals surface area contributed by atoms with E-state index in [1.165, 1.54) is 7.11 Å². The molecule has 110 valence electrons. The molecule has 0 spiro atoms. The van der Waals surface area contributed by atoms with Crippen LogP contribution < -0.4 is 5.32 Å². The molecule has 0 atom stereocenters. The molecule has 2 aromatic rings. The van der Waals surface area contributed by atoms with Gasteiger partial charge < -0.3 is 10.1 Å². The quantitative estimate of drug-likeness (QED) is 0.877.